The van der Waals surface area contributed by atoms with Crippen molar-refractivity contribution in [2.24, 2.45) is 0 Å². The first-order valence-corrected chi connectivity index (χ1v) is 8.32. The molecule has 24 heavy (non-hydrogen) atoms. The van der Waals surface area contributed by atoms with E-state index in [0.717, 1.165) is 44.3 Å². The number of benzene rings is 1. The highest BCUT2D eigenvalue weighted by atomic mass is 16.5. The summed E-state index contributed by atoms with van der Waals surface area (Å²) < 4.78 is 5.17. The zero-order valence-electron chi connectivity index (χ0n) is 14.3. The fourth-order valence-corrected chi connectivity index (χ4v) is 1.91. The molecule has 1 aromatic rings. The van der Waals surface area contributed by atoms with E-state index in [0.29, 0.717) is 0 Å². The first kappa shape index (κ1) is 21.7. The van der Waals surface area contributed by atoms with Crippen molar-refractivity contribution >= 4 is 11.9 Å². The van der Waals surface area contributed by atoms with Crippen LogP contribution in [0.25, 0.3) is 0 Å². The van der Waals surface area contributed by atoms with Crippen molar-refractivity contribution in [2.75, 3.05) is 0 Å². The molecule has 1 rings (SSSR count). The number of carbonyl (C=O) groups is 2. The molecule has 0 heterocycles. The van der Waals surface area contributed by atoms with Crippen molar-refractivity contribution in [3.05, 3.63) is 42.7 Å². The van der Waals surface area contributed by atoms with Crippen molar-refractivity contribution in [1.82, 2.24) is 0 Å². The maximum Gasteiger partial charge on any atom is 0.303 e. The highest BCUT2D eigenvalue weighted by molar-refractivity contribution is 5.66. The smallest absolute Gasteiger partial charge is 0.303 e. The Bertz CT molecular complexity index is 448. The number of aliphatic carboxylic acids is 2. The molecule has 5 nitrogen and oxygen atoms in total. The summed E-state index contributed by atoms with van der Waals surface area (Å²) >= 11 is 0. The standard InChI is InChI=1S/C10H18O4.C9H10O/c11-9(12)7-5-3-1-2-4-6-8-10(13)14;1-2-8-10-9-6-4-3-5-7-9/h1-8H2,(H,11,12)(H,13,14);2-8H,1H3. The molecule has 0 aliphatic carbocycles. The number of hydrogen-bond acceptors (Lipinski definition) is 3. The third-order valence-corrected chi connectivity index (χ3v) is 3.11. The summed E-state index contributed by atoms with van der Waals surface area (Å²) in [6.07, 6.45) is 9.34. The molecule has 0 atom stereocenters. The summed E-state index contributed by atoms with van der Waals surface area (Å²) in [6.45, 7) is 1.92. The van der Waals surface area contributed by atoms with Crippen LogP contribution in [-0.2, 0) is 9.59 Å². The Hall–Kier alpha value is -2.30. The molecule has 2 N–H and O–H groups in total. The SMILES string of the molecule is CC=COc1ccccc1.O=C(O)CCCCCCCCC(=O)O. The van der Waals surface area contributed by atoms with Gasteiger partial charge in [0.15, 0.2) is 0 Å². The zero-order valence-corrected chi connectivity index (χ0v) is 14.3. The van der Waals surface area contributed by atoms with Crippen LogP contribution in [0.5, 0.6) is 5.75 Å². The Kier molecular flexibility index (Phi) is 14.1. The summed E-state index contributed by atoms with van der Waals surface area (Å²) in [4.78, 5) is 20.3. The molecule has 0 aliphatic rings. The molecule has 0 fully saturated rings. The first-order chi connectivity index (χ1) is 11.6. The van der Waals surface area contributed by atoms with Crippen molar-refractivity contribution in [1.29, 1.82) is 0 Å². The predicted molar refractivity (Wildman–Crippen MR) is 94.1 cm³/mol. The summed E-state index contributed by atoms with van der Waals surface area (Å²) in [5, 5.41) is 16.7. The largest absolute Gasteiger partial charge is 0.481 e. The molecule has 0 radical (unpaired) electrons. The quantitative estimate of drug-likeness (QED) is 0.444. The van der Waals surface area contributed by atoms with E-state index in [9.17, 15) is 9.59 Å². The second-order valence-corrected chi connectivity index (χ2v) is 5.31. The second kappa shape index (κ2) is 15.6. The topological polar surface area (TPSA) is 83.8 Å². The van der Waals surface area contributed by atoms with E-state index >= 15 is 0 Å². The fraction of sp³-hybridized carbons (Fsp3) is 0.474. The van der Waals surface area contributed by atoms with Gasteiger partial charge in [0.1, 0.15) is 5.75 Å². The zero-order chi connectivity index (χ0) is 18.0. The van der Waals surface area contributed by atoms with Crippen LogP contribution in [0.2, 0.25) is 0 Å². The van der Waals surface area contributed by atoms with Crippen LogP contribution in [0, 0.1) is 0 Å². The van der Waals surface area contributed by atoms with Crippen molar-refractivity contribution < 1.29 is 24.5 Å². The highest BCUT2D eigenvalue weighted by Crippen LogP contribution is 2.08. The number of carboxylic acids is 2. The van der Waals surface area contributed by atoms with Crippen LogP contribution < -0.4 is 4.74 Å². The van der Waals surface area contributed by atoms with E-state index < -0.39 is 11.9 Å². The molecule has 0 bridgehead atoms. The van der Waals surface area contributed by atoms with Crippen molar-refractivity contribution in [3.63, 3.8) is 0 Å². The van der Waals surface area contributed by atoms with Crippen LogP contribution in [0.4, 0.5) is 0 Å². The predicted octanol–water partition coefficient (Wildman–Crippen LogP) is 4.88. The molecule has 0 saturated heterocycles. The molecule has 0 amide bonds. The van der Waals surface area contributed by atoms with Crippen LogP contribution in [-0.4, -0.2) is 22.2 Å². The molecule has 5 heteroatoms. The number of unbranched alkanes of at least 4 members (excludes halogenated alkanes) is 5. The number of para-hydroxylation sites is 1. The number of allylic oxidation sites excluding steroid dienone is 1. The molecular weight excluding hydrogens is 308 g/mol. The van der Waals surface area contributed by atoms with Gasteiger partial charge in [0.05, 0.1) is 6.26 Å². The second-order valence-electron chi connectivity index (χ2n) is 5.31. The van der Waals surface area contributed by atoms with Gasteiger partial charge in [-0.3, -0.25) is 9.59 Å². The van der Waals surface area contributed by atoms with Gasteiger partial charge in [-0.1, -0.05) is 50.0 Å². The average Bonchev–Trinajstić information content (AvgIpc) is 2.56. The first-order valence-electron chi connectivity index (χ1n) is 8.32. The Labute approximate surface area is 144 Å². The lowest BCUT2D eigenvalue weighted by Gasteiger charge is -1.98. The van der Waals surface area contributed by atoms with Crippen LogP contribution in [0.15, 0.2) is 42.7 Å². The lowest BCUT2D eigenvalue weighted by atomic mass is 10.1. The van der Waals surface area contributed by atoms with E-state index in [-0.39, 0.29) is 12.8 Å². The molecular formula is C19H28O5. The van der Waals surface area contributed by atoms with Crippen molar-refractivity contribution in [3.8, 4) is 5.75 Å². The van der Waals surface area contributed by atoms with E-state index in [2.05, 4.69) is 0 Å². The van der Waals surface area contributed by atoms with Gasteiger partial charge in [-0.05, 0) is 31.9 Å². The van der Waals surface area contributed by atoms with Gasteiger partial charge < -0.3 is 14.9 Å². The third-order valence-electron chi connectivity index (χ3n) is 3.11. The number of hydrogen-bond donors (Lipinski definition) is 2. The van der Waals surface area contributed by atoms with Crippen LogP contribution in [0.1, 0.15) is 58.3 Å². The Morgan fingerprint density at radius 3 is 1.75 bits per heavy atom. The maximum absolute atomic E-state index is 10.1. The summed E-state index contributed by atoms with van der Waals surface area (Å²) in [6, 6.07) is 9.68. The van der Waals surface area contributed by atoms with Gasteiger partial charge in [0.2, 0.25) is 0 Å². The van der Waals surface area contributed by atoms with Gasteiger partial charge in [-0.15, -0.1) is 0 Å². The molecule has 1 aromatic carbocycles. The highest BCUT2D eigenvalue weighted by Gasteiger charge is 1.98. The number of carboxylic acid groups (broad SMARTS) is 2. The van der Waals surface area contributed by atoms with Gasteiger partial charge in [-0.2, -0.15) is 0 Å². The summed E-state index contributed by atoms with van der Waals surface area (Å²) in [7, 11) is 0. The summed E-state index contributed by atoms with van der Waals surface area (Å²) in [5.41, 5.74) is 0. The molecule has 0 aromatic heterocycles. The van der Waals surface area contributed by atoms with E-state index in [1.807, 2.05) is 43.3 Å². The van der Waals surface area contributed by atoms with Gasteiger partial charge in [-0.25, -0.2) is 0 Å². The number of ether oxygens (including phenoxy) is 1. The van der Waals surface area contributed by atoms with E-state index in [1.54, 1.807) is 6.26 Å². The van der Waals surface area contributed by atoms with Gasteiger partial charge in [0.25, 0.3) is 0 Å². The Morgan fingerprint density at radius 1 is 0.875 bits per heavy atom. The molecule has 0 saturated carbocycles. The lowest BCUT2D eigenvalue weighted by molar-refractivity contribution is -0.138. The van der Waals surface area contributed by atoms with Crippen LogP contribution >= 0.6 is 0 Å². The minimum Gasteiger partial charge on any atom is -0.481 e. The number of rotatable bonds is 11. The monoisotopic (exact) mass is 336 g/mol. The average molecular weight is 336 g/mol. The lowest BCUT2D eigenvalue weighted by Crippen LogP contribution is -1.94. The maximum atomic E-state index is 10.1. The third kappa shape index (κ3) is 16.1. The summed E-state index contributed by atoms with van der Waals surface area (Å²) in [5.74, 6) is -0.604. The van der Waals surface area contributed by atoms with Crippen LogP contribution in [0.3, 0.4) is 0 Å². The minimum absolute atomic E-state index is 0.245. The molecule has 0 unspecified atom stereocenters. The molecule has 0 aliphatic heterocycles. The molecule has 134 valence electrons. The normalized spacial score (nSPS) is 10.0. The molecule has 0 spiro atoms. The van der Waals surface area contributed by atoms with E-state index in [1.165, 1.54) is 0 Å². The minimum atomic E-state index is -0.740. The van der Waals surface area contributed by atoms with E-state index in [4.69, 9.17) is 14.9 Å². The van der Waals surface area contributed by atoms with Gasteiger partial charge in [0, 0.05) is 12.8 Å². The van der Waals surface area contributed by atoms with Crippen molar-refractivity contribution in [2.45, 2.75) is 58.3 Å². The Balaban J connectivity index is 0.000000463. The Morgan fingerprint density at radius 2 is 1.33 bits per heavy atom. The fourth-order valence-electron chi connectivity index (χ4n) is 1.91. The van der Waals surface area contributed by atoms with Gasteiger partial charge >= 0.3 is 11.9 Å².